The number of hydrogen-bond acceptors (Lipinski definition) is 7. The predicted molar refractivity (Wildman–Crippen MR) is 146 cm³/mol. The fourth-order valence-electron chi connectivity index (χ4n) is 3.79. The molecule has 0 radical (unpaired) electrons. The Morgan fingerprint density at radius 2 is 1.75 bits per heavy atom. The van der Waals surface area contributed by atoms with Gasteiger partial charge in [0.15, 0.2) is 4.34 Å². The first-order valence-electron chi connectivity index (χ1n) is 11.4. The number of amides is 3. The van der Waals surface area contributed by atoms with E-state index >= 15 is 0 Å². The second-order valence-electron chi connectivity index (χ2n) is 8.23. The number of nitrogens with one attached hydrogen (secondary N) is 2. The summed E-state index contributed by atoms with van der Waals surface area (Å²) in [6, 6.07) is 14.7. The molecule has 1 aliphatic rings. The average Bonchev–Trinajstić information content (AvgIpc) is 3.30. The van der Waals surface area contributed by atoms with Crippen LogP contribution < -0.4 is 15.5 Å². The lowest BCUT2D eigenvalue weighted by atomic mass is 10.2. The van der Waals surface area contributed by atoms with Gasteiger partial charge in [-0.2, -0.15) is 0 Å². The molecule has 0 unspecified atom stereocenters. The zero-order chi connectivity index (χ0) is 25.5. The van der Waals surface area contributed by atoms with E-state index in [-0.39, 0.29) is 29.9 Å². The Balaban J connectivity index is 1.21. The number of carbonyl (C=O) groups excluding carboxylic acids is 3. The number of benzene rings is 2. The molecule has 3 aromatic rings. The zero-order valence-electron chi connectivity index (χ0n) is 19.7. The number of thioether (sulfide) groups is 1. The molecule has 36 heavy (non-hydrogen) atoms. The van der Waals surface area contributed by atoms with E-state index in [9.17, 15) is 14.4 Å². The van der Waals surface area contributed by atoms with Crippen LogP contribution in [0.2, 0.25) is 5.02 Å². The Bertz CT molecular complexity index is 1240. The Labute approximate surface area is 223 Å². The molecule has 1 saturated heterocycles. The maximum atomic E-state index is 12.8. The summed E-state index contributed by atoms with van der Waals surface area (Å²) >= 11 is 8.85. The van der Waals surface area contributed by atoms with Gasteiger partial charge in [0.1, 0.15) is 0 Å². The lowest BCUT2D eigenvalue weighted by Crippen LogP contribution is -2.49. The Morgan fingerprint density at radius 1 is 1.03 bits per heavy atom. The highest BCUT2D eigenvalue weighted by atomic mass is 35.5. The van der Waals surface area contributed by atoms with Gasteiger partial charge >= 0.3 is 0 Å². The first kappa shape index (κ1) is 26.0. The van der Waals surface area contributed by atoms with Crippen molar-refractivity contribution < 1.29 is 14.4 Å². The number of rotatable bonds is 8. The lowest BCUT2D eigenvalue weighted by molar-refractivity contribution is -0.130. The van der Waals surface area contributed by atoms with Crippen LogP contribution in [0.1, 0.15) is 12.6 Å². The molecule has 2 aromatic carbocycles. The van der Waals surface area contributed by atoms with Crippen LogP contribution in [0.5, 0.6) is 0 Å². The molecule has 0 saturated carbocycles. The second kappa shape index (κ2) is 12.2. The maximum Gasteiger partial charge on any atom is 0.234 e. The van der Waals surface area contributed by atoms with Gasteiger partial charge in [-0.3, -0.25) is 14.4 Å². The topological polar surface area (TPSA) is 94.6 Å². The summed E-state index contributed by atoms with van der Waals surface area (Å²) in [5.74, 6) is -0.104. The molecule has 0 bridgehead atoms. The number of nitrogens with zero attached hydrogens (tertiary/aromatic N) is 3. The van der Waals surface area contributed by atoms with Gasteiger partial charge < -0.3 is 20.4 Å². The molecule has 0 spiro atoms. The van der Waals surface area contributed by atoms with Crippen molar-refractivity contribution in [2.75, 3.05) is 47.5 Å². The summed E-state index contributed by atoms with van der Waals surface area (Å²) in [6.07, 6.45) is 0.246. The SMILES string of the molecule is CC(=O)Nc1cccc(NC(=O)CSc2nc(CC(=O)N3CCN(c4cccc(Cl)c4)CC3)cs2)c1. The molecule has 0 aliphatic carbocycles. The Morgan fingerprint density at radius 3 is 2.47 bits per heavy atom. The summed E-state index contributed by atoms with van der Waals surface area (Å²) in [4.78, 5) is 45.0. The third kappa shape index (κ3) is 7.46. The van der Waals surface area contributed by atoms with Crippen LogP contribution >= 0.6 is 34.7 Å². The molecule has 2 heterocycles. The third-order valence-electron chi connectivity index (χ3n) is 5.46. The largest absolute Gasteiger partial charge is 0.368 e. The minimum Gasteiger partial charge on any atom is -0.368 e. The van der Waals surface area contributed by atoms with Crippen LogP contribution in [0, 0.1) is 0 Å². The van der Waals surface area contributed by atoms with E-state index in [1.807, 2.05) is 34.5 Å². The van der Waals surface area contributed by atoms with Gasteiger partial charge in [0, 0.05) is 60.6 Å². The average molecular weight is 544 g/mol. The van der Waals surface area contributed by atoms with Crippen LogP contribution in [0.15, 0.2) is 58.3 Å². The number of anilines is 3. The van der Waals surface area contributed by atoms with Gasteiger partial charge in [0.05, 0.1) is 17.9 Å². The normalized spacial score (nSPS) is 13.4. The standard InChI is InChI=1S/C25H26ClN5O3S2/c1-17(32)27-19-5-3-6-20(13-19)28-23(33)16-36-25-29-21(15-35-25)14-24(34)31-10-8-30(9-11-31)22-7-2-4-18(26)12-22/h2-7,12-13,15H,8-11,14,16H2,1H3,(H,27,32)(H,28,33). The summed E-state index contributed by atoms with van der Waals surface area (Å²) in [5.41, 5.74) is 3.01. The van der Waals surface area contributed by atoms with Crippen molar-refractivity contribution in [1.82, 2.24) is 9.88 Å². The molecule has 3 amide bonds. The fourth-order valence-corrected chi connectivity index (χ4v) is 5.62. The van der Waals surface area contributed by atoms with Gasteiger partial charge in [-0.05, 0) is 36.4 Å². The molecule has 188 valence electrons. The fraction of sp³-hybridized carbons (Fsp3) is 0.280. The van der Waals surface area contributed by atoms with Crippen LogP contribution in [0.25, 0.3) is 0 Å². The summed E-state index contributed by atoms with van der Waals surface area (Å²) in [7, 11) is 0. The third-order valence-corrected chi connectivity index (χ3v) is 7.77. The van der Waals surface area contributed by atoms with Gasteiger partial charge in [0.2, 0.25) is 17.7 Å². The summed E-state index contributed by atoms with van der Waals surface area (Å²) in [6.45, 7) is 4.25. The molecule has 2 N–H and O–H groups in total. The van der Waals surface area contributed by atoms with Gasteiger partial charge in [-0.15, -0.1) is 11.3 Å². The molecule has 11 heteroatoms. The first-order valence-corrected chi connectivity index (χ1v) is 13.6. The van der Waals surface area contributed by atoms with Crippen LogP contribution in [0.4, 0.5) is 17.1 Å². The number of aromatic nitrogens is 1. The molecule has 1 fully saturated rings. The van der Waals surface area contributed by atoms with E-state index < -0.39 is 0 Å². The lowest BCUT2D eigenvalue weighted by Gasteiger charge is -2.36. The van der Waals surface area contributed by atoms with Crippen molar-refractivity contribution >= 4 is 69.5 Å². The van der Waals surface area contributed by atoms with E-state index in [2.05, 4.69) is 20.5 Å². The van der Waals surface area contributed by atoms with Gasteiger partial charge in [-0.1, -0.05) is 35.5 Å². The highest BCUT2D eigenvalue weighted by Gasteiger charge is 2.22. The maximum absolute atomic E-state index is 12.8. The number of thiazole rings is 1. The summed E-state index contributed by atoms with van der Waals surface area (Å²) < 4.78 is 0.741. The van der Waals surface area contributed by atoms with E-state index in [1.54, 1.807) is 24.3 Å². The Hall–Kier alpha value is -3.08. The highest BCUT2D eigenvalue weighted by molar-refractivity contribution is 8.01. The quantitative estimate of drug-likeness (QED) is 0.410. The highest BCUT2D eigenvalue weighted by Crippen LogP contribution is 2.25. The van der Waals surface area contributed by atoms with Crippen molar-refractivity contribution in [1.29, 1.82) is 0 Å². The van der Waals surface area contributed by atoms with Crippen LogP contribution in [-0.4, -0.2) is 59.5 Å². The number of halogens is 1. The van der Waals surface area contributed by atoms with Crippen molar-refractivity contribution in [2.45, 2.75) is 17.7 Å². The molecule has 0 atom stereocenters. The van der Waals surface area contributed by atoms with Gasteiger partial charge in [0.25, 0.3) is 0 Å². The monoisotopic (exact) mass is 543 g/mol. The smallest absolute Gasteiger partial charge is 0.234 e. The molecule has 1 aliphatic heterocycles. The number of piperazine rings is 1. The minimum absolute atomic E-state index is 0.0550. The van der Waals surface area contributed by atoms with E-state index in [0.717, 1.165) is 23.1 Å². The molecule has 4 rings (SSSR count). The van der Waals surface area contributed by atoms with Crippen LogP contribution in [-0.2, 0) is 20.8 Å². The van der Waals surface area contributed by atoms with E-state index in [4.69, 9.17) is 11.6 Å². The minimum atomic E-state index is -0.176. The van der Waals surface area contributed by atoms with Gasteiger partial charge in [-0.25, -0.2) is 4.98 Å². The van der Waals surface area contributed by atoms with E-state index in [1.165, 1.54) is 30.0 Å². The van der Waals surface area contributed by atoms with Crippen molar-refractivity contribution in [3.63, 3.8) is 0 Å². The summed E-state index contributed by atoms with van der Waals surface area (Å²) in [5, 5.41) is 8.09. The first-order chi connectivity index (χ1) is 17.4. The predicted octanol–water partition coefficient (Wildman–Crippen LogP) is 4.38. The molecular weight excluding hydrogens is 518 g/mol. The van der Waals surface area contributed by atoms with E-state index in [0.29, 0.717) is 35.2 Å². The number of hydrogen-bond donors (Lipinski definition) is 2. The van der Waals surface area contributed by atoms with Crippen LogP contribution in [0.3, 0.4) is 0 Å². The Kier molecular flexibility index (Phi) is 8.84. The molecule has 1 aromatic heterocycles. The molecular formula is C25H26ClN5O3S2. The van der Waals surface area contributed by atoms with Crippen molar-refractivity contribution in [3.05, 3.63) is 64.6 Å². The van der Waals surface area contributed by atoms with Crippen molar-refractivity contribution in [3.8, 4) is 0 Å². The van der Waals surface area contributed by atoms with Crippen molar-refractivity contribution in [2.24, 2.45) is 0 Å². The molecule has 8 nitrogen and oxygen atoms in total. The zero-order valence-corrected chi connectivity index (χ0v) is 22.1. The number of carbonyl (C=O) groups is 3. The second-order valence-corrected chi connectivity index (χ2v) is 10.7.